The van der Waals surface area contributed by atoms with Gasteiger partial charge in [0.1, 0.15) is 5.75 Å². The van der Waals surface area contributed by atoms with Crippen molar-refractivity contribution in [2.45, 2.75) is 13.8 Å². The van der Waals surface area contributed by atoms with E-state index in [1.54, 1.807) is 18.3 Å². The molecule has 1 aliphatic heterocycles. The number of phenols is 1. The fourth-order valence-corrected chi connectivity index (χ4v) is 3.38. The van der Waals surface area contributed by atoms with Gasteiger partial charge >= 0.3 is 0 Å². The molecule has 0 saturated heterocycles. The smallest absolute Gasteiger partial charge is 0.257 e. The number of phenolic OH excluding ortho intramolecular Hbond substituents is 1. The molecule has 0 bridgehead atoms. The Labute approximate surface area is 158 Å². The minimum Gasteiger partial charge on any atom is -0.505 e. The average Bonchev–Trinajstić information content (AvgIpc) is 2.95. The van der Waals surface area contributed by atoms with Gasteiger partial charge in [0.2, 0.25) is 0 Å². The molecule has 0 unspecified atom stereocenters. The molecule has 27 heavy (non-hydrogen) atoms. The van der Waals surface area contributed by atoms with E-state index in [0.29, 0.717) is 11.3 Å². The van der Waals surface area contributed by atoms with Crippen molar-refractivity contribution in [3.63, 3.8) is 0 Å². The van der Waals surface area contributed by atoms with Gasteiger partial charge in [-0.15, -0.1) is 0 Å². The maximum absolute atomic E-state index is 12.2. The van der Waals surface area contributed by atoms with Crippen LogP contribution in [0.2, 0.25) is 0 Å². The Morgan fingerprint density at radius 3 is 2.63 bits per heavy atom. The van der Waals surface area contributed by atoms with Crippen molar-refractivity contribution in [1.29, 1.82) is 0 Å². The maximum Gasteiger partial charge on any atom is 0.257 e. The highest BCUT2D eigenvalue weighted by molar-refractivity contribution is 6.31. The normalized spacial score (nSPS) is 14.1. The summed E-state index contributed by atoms with van der Waals surface area (Å²) in [5.74, 6) is -0.0417. The highest BCUT2D eigenvalue weighted by Crippen LogP contribution is 2.37. The van der Waals surface area contributed by atoms with Crippen LogP contribution in [0.4, 0.5) is 11.4 Å². The zero-order chi connectivity index (χ0) is 19.0. The number of benzene rings is 3. The maximum atomic E-state index is 12.2. The van der Waals surface area contributed by atoms with Crippen molar-refractivity contribution >= 4 is 22.9 Å². The van der Waals surface area contributed by atoms with Gasteiger partial charge in [-0.05, 0) is 37.6 Å². The van der Waals surface area contributed by atoms with Crippen LogP contribution in [0, 0.1) is 19.9 Å². The molecule has 4 rings (SSSR count). The molecule has 0 spiro atoms. The molecule has 0 aromatic heterocycles. The lowest BCUT2D eigenvalue weighted by Crippen LogP contribution is -2.05. The van der Waals surface area contributed by atoms with Gasteiger partial charge in [0.05, 0.1) is 11.3 Å². The number of aromatic hydroxyl groups is 1. The first-order valence-corrected chi connectivity index (χ1v) is 8.73. The van der Waals surface area contributed by atoms with Gasteiger partial charge in [-0.2, -0.15) is 0 Å². The monoisotopic (exact) mass is 355 g/mol. The van der Waals surface area contributed by atoms with E-state index >= 15 is 0 Å². The van der Waals surface area contributed by atoms with Crippen molar-refractivity contribution < 1.29 is 9.90 Å². The van der Waals surface area contributed by atoms with E-state index in [-0.39, 0.29) is 11.7 Å². The predicted molar refractivity (Wildman–Crippen MR) is 109 cm³/mol. The van der Waals surface area contributed by atoms with Gasteiger partial charge in [0, 0.05) is 23.0 Å². The second-order valence-corrected chi connectivity index (χ2v) is 6.69. The third-order valence-corrected chi connectivity index (χ3v) is 4.56. The molecule has 0 fully saturated rings. The number of amides is 1. The standard InChI is InChI=1S/C23H19N2O2/c1-14-10-15(2)12-16(11-14)17-7-5-9-21(22(17)26)24-13-19-18-6-3-4-8-20(18)25-23(19)27/h3-5,7-13,24,26H,1-2H3,(H,25,27). The van der Waals surface area contributed by atoms with Crippen LogP contribution in [0.5, 0.6) is 5.75 Å². The Hall–Kier alpha value is -3.53. The first kappa shape index (κ1) is 16.9. The van der Waals surface area contributed by atoms with Gasteiger partial charge in [0.25, 0.3) is 5.91 Å². The van der Waals surface area contributed by atoms with Crippen molar-refractivity contribution in [1.82, 2.24) is 0 Å². The highest BCUT2D eigenvalue weighted by Gasteiger charge is 2.23. The Bertz CT molecular complexity index is 1060. The summed E-state index contributed by atoms with van der Waals surface area (Å²) in [5.41, 5.74) is 6.47. The summed E-state index contributed by atoms with van der Waals surface area (Å²) in [7, 11) is 0. The number of carbonyl (C=O) groups is 1. The van der Waals surface area contributed by atoms with Gasteiger partial charge < -0.3 is 15.7 Å². The summed E-state index contributed by atoms with van der Waals surface area (Å²) in [6, 6.07) is 20.2. The zero-order valence-electron chi connectivity index (χ0n) is 15.1. The molecule has 3 aromatic carbocycles. The SMILES string of the molecule is Cc1cc(C)cc(-c2cccc(NC=C3C(=O)Nc4ccc[c]c43)c2O)c1. The van der Waals surface area contributed by atoms with Gasteiger partial charge in [-0.1, -0.05) is 53.6 Å². The van der Waals surface area contributed by atoms with E-state index in [4.69, 9.17) is 0 Å². The van der Waals surface area contributed by atoms with Crippen LogP contribution < -0.4 is 10.6 Å². The third-order valence-electron chi connectivity index (χ3n) is 4.56. The summed E-state index contributed by atoms with van der Waals surface area (Å²) in [5, 5.41) is 16.6. The number of fused-ring (bicyclic) bond motifs is 1. The predicted octanol–water partition coefficient (Wildman–Crippen LogP) is 4.88. The lowest BCUT2D eigenvalue weighted by atomic mass is 9.99. The largest absolute Gasteiger partial charge is 0.505 e. The second kappa shape index (κ2) is 6.65. The summed E-state index contributed by atoms with van der Waals surface area (Å²) >= 11 is 0. The fourth-order valence-electron chi connectivity index (χ4n) is 3.38. The molecule has 1 aliphatic rings. The highest BCUT2D eigenvalue weighted by atomic mass is 16.3. The van der Waals surface area contributed by atoms with Crippen molar-refractivity contribution in [2.75, 3.05) is 10.6 Å². The fraction of sp³-hybridized carbons (Fsp3) is 0.0870. The van der Waals surface area contributed by atoms with E-state index in [0.717, 1.165) is 33.5 Å². The quantitative estimate of drug-likeness (QED) is 0.463. The number of hydrogen-bond donors (Lipinski definition) is 3. The molecule has 3 aromatic rings. The van der Waals surface area contributed by atoms with Crippen LogP contribution in [-0.4, -0.2) is 11.0 Å². The van der Waals surface area contributed by atoms with Crippen LogP contribution in [0.3, 0.4) is 0 Å². The molecule has 0 saturated carbocycles. The number of anilines is 2. The summed E-state index contributed by atoms with van der Waals surface area (Å²) in [6.07, 6.45) is 1.61. The molecule has 4 nitrogen and oxygen atoms in total. The van der Waals surface area contributed by atoms with Crippen molar-refractivity contribution in [3.8, 4) is 16.9 Å². The van der Waals surface area contributed by atoms with Gasteiger partial charge in [-0.25, -0.2) is 0 Å². The number of carbonyl (C=O) groups excluding carboxylic acids is 1. The third kappa shape index (κ3) is 3.17. The van der Waals surface area contributed by atoms with E-state index in [2.05, 4.69) is 22.8 Å². The van der Waals surface area contributed by atoms with E-state index < -0.39 is 0 Å². The van der Waals surface area contributed by atoms with Crippen molar-refractivity contribution in [2.24, 2.45) is 0 Å². The van der Waals surface area contributed by atoms with E-state index in [1.165, 1.54) is 0 Å². The second-order valence-electron chi connectivity index (χ2n) is 6.69. The summed E-state index contributed by atoms with van der Waals surface area (Å²) in [4.78, 5) is 12.2. The molecule has 4 heteroatoms. The minimum absolute atomic E-state index is 0.148. The van der Waals surface area contributed by atoms with E-state index in [1.807, 2.05) is 50.2 Å². The molecule has 1 amide bonds. The molecular formula is C23H19N2O2. The zero-order valence-corrected chi connectivity index (χ0v) is 15.1. The lowest BCUT2D eigenvalue weighted by molar-refractivity contribution is -0.110. The number of rotatable bonds is 3. The Morgan fingerprint density at radius 1 is 1.07 bits per heavy atom. The van der Waals surface area contributed by atoms with Crippen molar-refractivity contribution in [3.05, 3.63) is 83.6 Å². The molecule has 3 N–H and O–H groups in total. The van der Waals surface area contributed by atoms with E-state index in [9.17, 15) is 9.90 Å². The molecule has 133 valence electrons. The average molecular weight is 355 g/mol. The lowest BCUT2D eigenvalue weighted by Gasteiger charge is -2.12. The molecule has 1 heterocycles. The molecule has 0 aliphatic carbocycles. The molecule has 1 radical (unpaired) electrons. The first-order chi connectivity index (χ1) is 13.0. The topological polar surface area (TPSA) is 61.4 Å². The summed E-state index contributed by atoms with van der Waals surface area (Å²) in [6.45, 7) is 4.07. The van der Waals surface area contributed by atoms with Crippen LogP contribution in [-0.2, 0) is 4.79 Å². The first-order valence-electron chi connectivity index (χ1n) is 8.73. The molecular weight excluding hydrogens is 336 g/mol. The van der Waals surface area contributed by atoms with Crippen LogP contribution >= 0.6 is 0 Å². The number of nitrogens with one attached hydrogen (secondary N) is 2. The Balaban J connectivity index is 1.69. The number of hydrogen-bond acceptors (Lipinski definition) is 3. The van der Waals surface area contributed by atoms with Crippen LogP contribution in [0.1, 0.15) is 16.7 Å². The molecule has 0 atom stereocenters. The number of para-hydroxylation sites is 1. The Morgan fingerprint density at radius 2 is 1.85 bits per heavy atom. The van der Waals surface area contributed by atoms with Crippen LogP contribution in [0.25, 0.3) is 16.7 Å². The minimum atomic E-state index is -0.190. The van der Waals surface area contributed by atoms with Crippen LogP contribution in [0.15, 0.2) is 60.8 Å². The number of aryl methyl sites for hydroxylation is 2. The van der Waals surface area contributed by atoms with Gasteiger partial charge in [0.15, 0.2) is 0 Å². The Kier molecular flexibility index (Phi) is 4.16. The summed E-state index contributed by atoms with van der Waals surface area (Å²) < 4.78 is 0. The van der Waals surface area contributed by atoms with Gasteiger partial charge in [-0.3, -0.25) is 4.79 Å².